The van der Waals surface area contributed by atoms with Gasteiger partial charge < -0.3 is 15.2 Å². The third kappa shape index (κ3) is 5.98. The summed E-state index contributed by atoms with van der Waals surface area (Å²) in [6.07, 6.45) is -0.723. The van der Waals surface area contributed by atoms with E-state index in [-0.39, 0.29) is 17.5 Å². The normalized spacial score (nSPS) is 14.4. The molecule has 2 atom stereocenters. The lowest BCUT2D eigenvalue weighted by Crippen LogP contribution is -2.46. The van der Waals surface area contributed by atoms with Crippen molar-refractivity contribution in [2.75, 3.05) is 0 Å². The number of amides is 1. The fourth-order valence-electron chi connectivity index (χ4n) is 3.61. The van der Waals surface area contributed by atoms with Crippen LogP contribution in [-0.4, -0.2) is 22.8 Å². The highest BCUT2D eigenvalue weighted by molar-refractivity contribution is 6.39. The van der Waals surface area contributed by atoms with E-state index in [1.54, 1.807) is 52.8 Å². The molecule has 0 heterocycles. The summed E-state index contributed by atoms with van der Waals surface area (Å²) in [5.74, 6) is -1.81. The second-order valence-corrected chi connectivity index (χ2v) is 10.3. The van der Waals surface area contributed by atoms with E-state index < -0.39 is 34.9 Å². The number of carbonyl (C=O) groups is 2. The van der Waals surface area contributed by atoms with Crippen LogP contribution in [0.1, 0.15) is 63.8 Å². The highest BCUT2D eigenvalue weighted by Gasteiger charge is 2.44. The van der Waals surface area contributed by atoms with Gasteiger partial charge in [-0.25, -0.2) is 9.18 Å². The van der Waals surface area contributed by atoms with Crippen LogP contribution in [-0.2, 0) is 9.53 Å². The third-order valence-electron chi connectivity index (χ3n) is 5.59. The lowest BCUT2D eigenvalue weighted by atomic mass is 9.75. The van der Waals surface area contributed by atoms with Crippen LogP contribution in [0.25, 0.3) is 11.1 Å². The first-order valence-corrected chi connectivity index (χ1v) is 11.3. The molecule has 1 unspecified atom stereocenters. The number of carboxylic acids is 1. The SMILES string of the molecule is CC[C@](C)(C(=O)O)C(NC(=O)OC(C)(C)C)c1cc(-c2c(Cl)cc(C)cc2Cl)cc(C)c1F. The molecule has 2 N–H and O–H groups in total. The molecule has 0 fully saturated rings. The van der Waals surface area contributed by atoms with Gasteiger partial charge in [0.15, 0.2) is 0 Å². The summed E-state index contributed by atoms with van der Waals surface area (Å²) in [6.45, 7) is 11.6. The molecule has 0 aromatic heterocycles. The van der Waals surface area contributed by atoms with Crippen molar-refractivity contribution >= 4 is 35.3 Å². The Balaban J connectivity index is 2.76. The number of aliphatic carboxylic acids is 1. The van der Waals surface area contributed by atoms with Crippen molar-refractivity contribution < 1.29 is 23.8 Å². The van der Waals surface area contributed by atoms with Gasteiger partial charge in [-0.15, -0.1) is 0 Å². The van der Waals surface area contributed by atoms with E-state index in [9.17, 15) is 14.7 Å². The Hall–Kier alpha value is -2.31. The largest absolute Gasteiger partial charge is 0.481 e. The van der Waals surface area contributed by atoms with Crippen LogP contribution in [0.3, 0.4) is 0 Å². The van der Waals surface area contributed by atoms with E-state index in [1.165, 1.54) is 13.0 Å². The average Bonchev–Trinajstić information content (AvgIpc) is 2.66. The molecule has 33 heavy (non-hydrogen) atoms. The topological polar surface area (TPSA) is 75.6 Å². The molecule has 2 aromatic carbocycles. The maximum absolute atomic E-state index is 15.5. The zero-order chi connectivity index (χ0) is 25.3. The predicted octanol–water partition coefficient (Wildman–Crippen LogP) is 7.48. The average molecular weight is 498 g/mol. The van der Waals surface area contributed by atoms with Gasteiger partial charge in [-0.2, -0.15) is 0 Å². The van der Waals surface area contributed by atoms with Crippen molar-refractivity contribution in [2.24, 2.45) is 5.41 Å². The first kappa shape index (κ1) is 26.9. The van der Waals surface area contributed by atoms with E-state index >= 15 is 4.39 Å². The maximum atomic E-state index is 15.5. The summed E-state index contributed by atoms with van der Waals surface area (Å²) in [5, 5.41) is 13.4. The fraction of sp³-hybridized carbons (Fsp3) is 0.440. The molecule has 0 bridgehead atoms. The van der Waals surface area contributed by atoms with Gasteiger partial charge in [-0.05, 0) is 88.9 Å². The minimum atomic E-state index is -1.52. The molecular formula is C25H30Cl2FNO4. The lowest BCUT2D eigenvalue weighted by molar-refractivity contribution is -0.150. The van der Waals surface area contributed by atoms with Crippen LogP contribution in [0.5, 0.6) is 0 Å². The summed E-state index contributed by atoms with van der Waals surface area (Å²) in [5.41, 5.74) is -0.202. The number of ether oxygens (including phenoxy) is 1. The molecule has 0 saturated carbocycles. The minimum absolute atomic E-state index is 0.00955. The zero-order valence-electron chi connectivity index (χ0n) is 19.9. The molecule has 2 rings (SSSR count). The maximum Gasteiger partial charge on any atom is 0.408 e. The van der Waals surface area contributed by atoms with E-state index in [0.717, 1.165) is 5.56 Å². The zero-order valence-corrected chi connectivity index (χ0v) is 21.4. The number of hydrogen-bond donors (Lipinski definition) is 2. The Morgan fingerprint density at radius 3 is 2.09 bits per heavy atom. The van der Waals surface area contributed by atoms with Gasteiger partial charge in [0, 0.05) is 11.1 Å². The van der Waals surface area contributed by atoms with E-state index in [2.05, 4.69) is 5.32 Å². The predicted molar refractivity (Wildman–Crippen MR) is 129 cm³/mol. The molecule has 180 valence electrons. The smallest absolute Gasteiger partial charge is 0.408 e. The molecule has 0 spiro atoms. The first-order chi connectivity index (χ1) is 15.1. The van der Waals surface area contributed by atoms with Gasteiger partial charge in [-0.1, -0.05) is 30.1 Å². The summed E-state index contributed by atoms with van der Waals surface area (Å²) < 4.78 is 20.8. The number of nitrogens with one attached hydrogen (secondary N) is 1. The van der Waals surface area contributed by atoms with Crippen molar-refractivity contribution in [2.45, 2.75) is 66.5 Å². The van der Waals surface area contributed by atoms with Gasteiger partial charge in [-0.3, -0.25) is 4.79 Å². The molecule has 0 aliphatic heterocycles. The molecule has 8 heteroatoms. The van der Waals surface area contributed by atoms with E-state index in [0.29, 0.717) is 21.2 Å². The van der Waals surface area contributed by atoms with Crippen molar-refractivity contribution in [1.29, 1.82) is 0 Å². The summed E-state index contributed by atoms with van der Waals surface area (Å²) in [7, 11) is 0. The number of aryl methyl sites for hydroxylation is 2. The summed E-state index contributed by atoms with van der Waals surface area (Å²) in [6, 6.07) is 5.34. The van der Waals surface area contributed by atoms with Crippen molar-refractivity contribution in [3.63, 3.8) is 0 Å². The minimum Gasteiger partial charge on any atom is -0.481 e. The Morgan fingerprint density at radius 2 is 1.64 bits per heavy atom. The molecule has 0 aliphatic rings. The quantitative estimate of drug-likeness (QED) is 0.433. The first-order valence-electron chi connectivity index (χ1n) is 10.6. The van der Waals surface area contributed by atoms with E-state index in [1.807, 2.05) is 6.92 Å². The highest BCUT2D eigenvalue weighted by Crippen LogP contribution is 2.43. The van der Waals surface area contributed by atoms with Crippen molar-refractivity contribution in [1.82, 2.24) is 5.32 Å². The molecule has 1 amide bonds. The van der Waals surface area contributed by atoms with Gasteiger partial charge >= 0.3 is 12.1 Å². The Labute approximate surface area is 204 Å². The summed E-state index contributed by atoms with van der Waals surface area (Å²) >= 11 is 12.9. The van der Waals surface area contributed by atoms with Crippen LogP contribution in [0.2, 0.25) is 10.0 Å². The Morgan fingerprint density at radius 1 is 1.09 bits per heavy atom. The molecule has 0 saturated heterocycles. The number of benzene rings is 2. The van der Waals surface area contributed by atoms with Crippen LogP contribution >= 0.6 is 23.2 Å². The van der Waals surface area contributed by atoms with Gasteiger partial charge in [0.2, 0.25) is 0 Å². The number of alkyl carbamates (subject to hydrolysis) is 1. The van der Waals surface area contributed by atoms with Gasteiger partial charge in [0.05, 0.1) is 21.5 Å². The number of rotatable bonds is 6. The van der Waals surface area contributed by atoms with E-state index in [4.69, 9.17) is 27.9 Å². The Kier molecular flexibility index (Phi) is 8.08. The number of carbonyl (C=O) groups excluding carboxylic acids is 1. The second kappa shape index (κ2) is 9.90. The number of halogens is 3. The van der Waals surface area contributed by atoms with Crippen LogP contribution in [0, 0.1) is 25.1 Å². The third-order valence-corrected chi connectivity index (χ3v) is 6.19. The molecule has 5 nitrogen and oxygen atoms in total. The molecular weight excluding hydrogens is 468 g/mol. The number of carboxylic acid groups (broad SMARTS) is 1. The highest BCUT2D eigenvalue weighted by atomic mass is 35.5. The molecule has 0 radical (unpaired) electrons. The lowest BCUT2D eigenvalue weighted by Gasteiger charge is -2.35. The molecule has 0 aliphatic carbocycles. The standard InChI is InChI=1S/C25H30Cl2FNO4/c1-8-25(7,22(30)31)21(29-23(32)33-24(4,5)6)16-12-15(11-14(3)20(16)28)19-17(26)9-13(2)10-18(19)27/h9-12,21H,8H2,1-7H3,(H,29,32)(H,30,31)/t21?,25-/m0/s1. The molecule has 2 aromatic rings. The van der Waals surface area contributed by atoms with Gasteiger partial charge in [0.25, 0.3) is 0 Å². The second-order valence-electron chi connectivity index (χ2n) is 9.46. The van der Waals surface area contributed by atoms with Crippen molar-refractivity contribution in [3.05, 3.63) is 56.8 Å². The Bertz CT molecular complexity index is 1060. The summed E-state index contributed by atoms with van der Waals surface area (Å²) in [4.78, 5) is 24.9. The monoisotopic (exact) mass is 497 g/mol. The van der Waals surface area contributed by atoms with Crippen LogP contribution in [0.4, 0.5) is 9.18 Å². The van der Waals surface area contributed by atoms with Crippen LogP contribution < -0.4 is 5.32 Å². The number of hydrogen-bond acceptors (Lipinski definition) is 3. The van der Waals surface area contributed by atoms with Gasteiger partial charge in [0.1, 0.15) is 11.4 Å². The van der Waals surface area contributed by atoms with Crippen LogP contribution in [0.15, 0.2) is 24.3 Å². The van der Waals surface area contributed by atoms with Crippen molar-refractivity contribution in [3.8, 4) is 11.1 Å². The fourth-order valence-corrected chi connectivity index (χ4v) is 4.43.